The zero-order valence-corrected chi connectivity index (χ0v) is 18.4. The smallest absolute Gasteiger partial charge is 0.342 e. The molecule has 1 aromatic heterocycles. The van der Waals surface area contributed by atoms with Gasteiger partial charge in [0.05, 0.1) is 23.4 Å². The molecule has 4 aromatic rings. The molecule has 0 aliphatic carbocycles. The lowest BCUT2D eigenvalue weighted by Gasteiger charge is -2.36. The Hall–Kier alpha value is -4.96. The van der Waals surface area contributed by atoms with E-state index in [2.05, 4.69) is 0 Å². The number of benzene rings is 3. The Bertz CT molecular complexity index is 1570. The van der Waals surface area contributed by atoms with Gasteiger partial charge in [-0.1, -0.05) is 12.1 Å². The summed E-state index contributed by atoms with van der Waals surface area (Å²) in [6.45, 7) is -0.387. The number of hydrogen-bond acceptors (Lipinski definition) is 9. The second-order valence-corrected chi connectivity index (χ2v) is 8.44. The number of aromatic nitrogens is 1. The first-order chi connectivity index (χ1) is 17.3. The van der Waals surface area contributed by atoms with Crippen LogP contribution in [-0.2, 0) is 10.3 Å². The molecule has 180 valence electrons. The fourth-order valence-corrected chi connectivity index (χ4v) is 4.96. The number of carbonyl (C=O) groups excluding carboxylic acids is 2. The summed E-state index contributed by atoms with van der Waals surface area (Å²) in [5, 5.41) is 41.5. The average molecular weight is 486 g/mol. The molecule has 6 rings (SSSR count). The van der Waals surface area contributed by atoms with Crippen LogP contribution in [0.4, 0.5) is 0 Å². The van der Waals surface area contributed by atoms with Crippen LogP contribution in [0, 0.1) is 0 Å². The van der Waals surface area contributed by atoms with Gasteiger partial charge in [-0.2, -0.15) is 0 Å². The van der Waals surface area contributed by atoms with Gasteiger partial charge < -0.3 is 35.6 Å². The van der Waals surface area contributed by atoms with Crippen LogP contribution in [0.3, 0.4) is 0 Å². The van der Waals surface area contributed by atoms with E-state index >= 15 is 0 Å². The van der Waals surface area contributed by atoms with Gasteiger partial charge in [0, 0.05) is 34.9 Å². The van der Waals surface area contributed by atoms with Crippen LogP contribution in [0.15, 0.2) is 60.7 Å². The number of ketones is 1. The van der Waals surface area contributed by atoms with Gasteiger partial charge in [0.25, 0.3) is 0 Å². The van der Waals surface area contributed by atoms with Crippen molar-refractivity contribution in [2.24, 2.45) is 5.73 Å². The fourth-order valence-electron chi connectivity index (χ4n) is 4.96. The number of phenolic OH excluding ortho intramolecular Hbond substituents is 2. The number of aromatic hydroxyl groups is 4. The van der Waals surface area contributed by atoms with Crippen molar-refractivity contribution in [1.29, 1.82) is 0 Å². The van der Waals surface area contributed by atoms with E-state index in [0.29, 0.717) is 16.7 Å². The van der Waals surface area contributed by atoms with E-state index in [1.54, 1.807) is 24.3 Å². The van der Waals surface area contributed by atoms with E-state index in [1.165, 1.54) is 30.3 Å². The van der Waals surface area contributed by atoms with Crippen molar-refractivity contribution in [3.8, 4) is 40.4 Å². The van der Waals surface area contributed by atoms with Gasteiger partial charge >= 0.3 is 5.97 Å². The zero-order valence-electron chi connectivity index (χ0n) is 18.4. The molecule has 10 heteroatoms. The van der Waals surface area contributed by atoms with Crippen LogP contribution in [-0.4, -0.2) is 43.3 Å². The van der Waals surface area contributed by atoms with Gasteiger partial charge in [-0.3, -0.25) is 9.36 Å². The van der Waals surface area contributed by atoms with Crippen molar-refractivity contribution >= 4 is 11.8 Å². The van der Waals surface area contributed by atoms with Crippen LogP contribution in [0.25, 0.3) is 5.69 Å². The van der Waals surface area contributed by atoms with E-state index < -0.39 is 29.1 Å². The second kappa shape index (κ2) is 7.27. The highest BCUT2D eigenvalue weighted by molar-refractivity contribution is 6.02. The molecular weight excluding hydrogens is 468 g/mol. The maximum absolute atomic E-state index is 13.5. The van der Waals surface area contributed by atoms with Crippen molar-refractivity contribution in [2.75, 3.05) is 6.54 Å². The molecule has 36 heavy (non-hydrogen) atoms. The maximum atomic E-state index is 13.5. The summed E-state index contributed by atoms with van der Waals surface area (Å²) in [6, 6.07) is 14.6. The Labute approximate surface area is 203 Å². The standard InChI is InChI=1S/C26H18N2O8/c27-11-19(31)14-10-22(32)28(24(14)33)18-3-1-2-17-23(18)25(34)36-26(17)15-6-4-12(29)8-20(15)35-21-9-13(30)5-7-16(21)26/h1-10,29-30,32-33H,11,27H2. The number of nitrogens with zero attached hydrogens (tertiary/aromatic N) is 1. The summed E-state index contributed by atoms with van der Waals surface area (Å²) in [7, 11) is 0. The zero-order chi connectivity index (χ0) is 25.4. The third-order valence-corrected chi connectivity index (χ3v) is 6.46. The van der Waals surface area contributed by atoms with Crippen LogP contribution >= 0.6 is 0 Å². The van der Waals surface area contributed by atoms with Gasteiger partial charge in [0.2, 0.25) is 5.88 Å². The van der Waals surface area contributed by atoms with Crippen molar-refractivity contribution in [3.05, 3.63) is 88.5 Å². The minimum atomic E-state index is -1.53. The molecule has 3 heterocycles. The summed E-state index contributed by atoms with van der Waals surface area (Å²) in [5.41, 5.74) is 5.01. The monoisotopic (exact) mass is 486 g/mol. The van der Waals surface area contributed by atoms with Crippen LogP contribution in [0.5, 0.6) is 34.8 Å². The predicted molar refractivity (Wildman–Crippen MR) is 124 cm³/mol. The van der Waals surface area contributed by atoms with Crippen molar-refractivity contribution < 1.29 is 39.5 Å². The number of hydrogen-bond donors (Lipinski definition) is 5. The largest absolute Gasteiger partial charge is 0.508 e. The molecule has 2 aliphatic rings. The number of phenols is 2. The molecule has 0 saturated carbocycles. The highest BCUT2D eigenvalue weighted by Crippen LogP contribution is 2.57. The van der Waals surface area contributed by atoms with E-state index in [9.17, 15) is 30.0 Å². The fraction of sp³-hybridized carbons (Fsp3) is 0.0769. The third kappa shape index (κ3) is 2.70. The van der Waals surface area contributed by atoms with Crippen molar-refractivity contribution in [3.63, 3.8) is 0 Å². The maximum Gasteiger partial charge on any atom is 0.342 e. The Kier molecular flexibility index (Phi) is 4.35. The molecule has 6 N–H and O–H groups in total. The first kappa shape index (κ1) is 21.6. The van der Waals surface area contributed by atoms with Crippen molar-refractivity contribution in [1.82, 2.24) is 4.57 Å². The third-order valence-electron chi connectivity index (χ3n) is 6.46. The van der Waals surface area contributed by atoms with Gasteiger partial charge in [0.1, 0.15) is 23.0 Å². The van der Waals surface area contributed by atoms with E-state index in [0.717, 1.165) is 10.6 Å². The molecule has 0 unspecified atom stereocenters. The van der Waals surface area contributed by atoms with Gasteiger partial charge in [-0.15, -0.1) is 0 Å². The normalized spacial score (nSPS) is 14.5. The number of carbonyl (C=O) groups is 2. The number of rotatable bonds is 3. The topological polar surface area (TPSA) is 164 Å². The Balaban J connectivity index is 1.67. The van der Waals surface area contributed by atoms with E-state index in [4.69, 9.17) is 15.2 Å². The summed E-state index contributed by atoms with van der Waals surface area (Å²) in [4.78, 5) is 25.6. The highest BCUT2D eigenvalue weighted by Gasteiger charge is 2.54. The minimum Gasteiger partial charge on any atom is -0.508 e. The van der Waals surface area contributed by atoms with E-state index in [1.807, 2.05) is 0 Å². The Morgan fingerprint density at radius 1 is 0.889 bits per heavy atom. The molecule has 0 radical (unpaired) electrons. The second-order valence-electron chi connectivity index (χ2n) is 8.44. The average Bonchev–Trinajstić information content (AvgIpc) is 3.31. The molecule has 2 aliphatic heterocycles. The number of Topliss-reactive ketones (excluding diaryl/α,β-unsaturated/α-hetero) is 1. The van der Waals surface area contributed by atoms with Crippen LogP contribution in [0.1, 0.15) is 37.4 Å². The summed E-state index contributed by atoms with van der Waals surface area (Å²) >= 11 is 0. The highest BCUT2D eigenvalue weighted by atomic mass is 16.6. The molecule has 10 nitrogen and oxygen atoms in total. The quantitative estimate of drug-likeness (QED) is 0.216. The number of fused-ring (bicyclic) bond motifs is 6. The summed E-state index contributed by atoms with van der Waals surface area (Å²) in [6.07, 6.45) is 0. The van der Waals surface area contributed by atoms with Gasteiger partial charge in [-0.25, -0.2) is 4.79 Å². The minimum absolute atomic E-state index is 0.0328. The first-order valence-electron chi connectivity index (χ1n) is 10.8. The molecule has 0 fully saturated rings. The first-order valence-corrected chi connectivity index (χ1v) is 10.8. The van der Waals surface area contributed by atoms with Gasteiger partial charge in [0.15, 0.2) is 17.3 Å². The van der Waals surface area contributed by atoms with Gasteiger partial charge in [-0.05, 0) is 30.3 Å². The molecule has 0 saturated heterocycles. The van der Waals surface area contributed by atoms with Crippen molar-refractivity contribution in [2.45, 2.75) is 5.60 Å². The lowest BCUT2D eigenvalue weighted by Crippen LogP contribution is -2.32. The Morgan fingerprint density at radius 3 is 2.14 bits per heavy atom. The molecule has 0 bridgehead atoms. The molecule has 0 amide bonds. The number of ether oxygens (including phenoxy) is 2. The Morgan fingerprint density at radius 2 is 1.53 bits per heavy atom. The lowest BCUT2D eigenvalue weighted by atomic mass is 9.77. The predicted octanol–water partition coefficient (Wildman–Crippen LogP) is 3.01. The molecule has 1 spiro atoms. The van der Waals surface area contributed by atoms with E-state index in [-0.39, 0.29) is 46.4 Å². The molecular formula is C26H18N2O8. The number of esters is 1. The van der Waals surface area contributed by atoms with Crippen LogP contribution < -0.4 is 10.5 Å². The lowest BCUT2D eigenvalue weighted by molar-refractivity contribution is 0.0224. The summed E-state index contributed by atoms with van der Waals surface area (Å²) < 4.78 is 13.0. The SMILES string of the molecule is NCC(=O)c1cc(O)n(-c2cccc3c2C(=O)OC32c3ccc(O)cc3Oc3cc(O)ccc32)c1O. The van der Waals surface area contributed by atoms with Crippen LogP contribution in [0.2, 0.25) is 0 Å². The summed E-state index contributed by atoms with van der Waals surface area (Å²) in [5.74, 6) is -2.15. The molecule has 0 atom stereocenters. The molecule has 3 aromatic carbocycles. The number of nitrogens with two attached hydrogens (primary N) is 1.